The normalized spacial score (nSPS) is 10.0. The molecule has 0 saturated carbocycles. The molecule has 0 heterocycles. The van der Waals surface area contributed by atoms with Gasteiger partial charge >= 0.3 is 5.97 Å². The summed E-state index contributed by atoms with van der Waals surface area (Å²) in [6, 6.07) is 12.3. The molecular formula is C15H13NO6. The topological polar surface area (TPSA) is 98.9 Å². The first-order chi connectivity index (χ1) is 10.5. The van der Waals surface area contributed by atoms with Gasteiger partial charge in [0.1, 0.15) is 18.1 Å². The third kappa shape index (κ3) is 4.48. The van der Waals surface area contributed by atoms with E-state index < -0.39 is 11.1 Å². The van der Waals surface area contributed by atoms with Crippen LogP contribution < -0.4 is 4.74 Å². The third-order valence-electron chi connectivity index (χ3n) is 2.82. The van der Waals surface area contributed by atoms with Crippen LogP contribution in [-0.4, -0.2) is 22.8 Å². The van der Waals surface area contributed by atoms with Crippen molar-refractivity contribution in [2.45, 2.75) is 6.42 Å². The molecule has 0 fully saturated rings. The number of phenols is 1. The molecule has 0 aromatic heterocycles. The molecule has 0 aliphatic heterocycles. The van der Waals surface area contributed by atoms with E-state index in [1.54, 1.807) is 24.3 Å². The molecule has 0 atom stereocenters. The van der Waals surface area contributed by atoms with Crippen LogP contribution in [0, 0.1) is 10.1 Å². The molecule has 2 rings (SSSR count). The maximum absolute atomic E-state index is 11.9. The van der Waals surface area contributed by atoms with E-state index in [1.807, 2.05) is 0 Å². The van der Waals surface area contributed by atoms with Crippen molar-refractivity contribution >= 4 is 5.97 Å². The quantitative estimate of drug-likeness (QED) is 0.380. The number of phenolic OH excluding ortho intramolecular Hbond substituents is 1. The molecule has 2 aromatic rings. The van der Waals surface area contributed by atoms with Gasteiger partial charge in [-0.2, -0.15) is 0 Å². The predicted molar refractivity (Wildman–Crippen MR) is 76.2 cm³/mol. The van der Waals surface area contributed by atoms with Crippen LogP contribution in [0.4, 0.5) is 0 Å². The molecular weight excluding hydrogens is 290 g/mol. The highest BCUT2D eigenvalue weighted by Crippen LogP contribution is 2.17. The highest BCUT2D eigenvalue weighted by atomic mass is 16.9. The van der Waals surface area contributed by atoms with Gasteiger partial charge in [-0.3, -0.25) is 0 Å². The molecule has 22 heavy (non-hydrogen) atoms. The number of esters is 1. The maximum atomic E-state index is 11.9. The lowest BCUT2D eigenvalue weighted by atomic mass is 10.1. The first kappa shape index (κ1) is 15.3. The fourth-order valence-electron chi connectivity index (χ4n) is 1.73. The summed E-state index contributed by atoms with van der Waals surface area (Å²) in [5.41, 5.74) is 1.16. The second-order valence-electron chi connectivity index (χ2n) is 4.39. The SMILES string of the molecule is O=C(Oc1ccc(O)cc1)c1ccc(CCO[N+](=O)[O-])cc1. The van der Waals surface area contributed by atoms with Crippen molar-refractivity contribution in [1.82, 2.24) is 0 Å². The number of rotatable bonds is 6. The number of carbonyl (C=O) groups is 1. The Morgan fingerprint density at radius 1 is 1.09 bits per heavy atom. The van der Waals surface area contributed by atoms with Crippen LogP contribution in [0.1, 0.15) is 15.9 Å². The van der Waals surface area contributed by atoms with Crippen molar-refractivity contribution in [2.24, 2.45) is 0 Å². The van der Waals surface area contributed by atoms with E-state index >= 15 is 0 Å². The second-order valence-corrected chi connectivity index (χ2v) is 4.39. The number of benzene rings is 2. The minimum atomic E-state index is -0.844. The zero-order valence-electron chi connectivity index (χ0n) is 11.5. The molecule has 0 unspecified atom stereocenters. The Morgan fingerprint density at radius 3 is 2.32 bits per heavy atom. The van der Waals surface area contributed by atoms with Crippen LogP contribution >= 0.6 is 0 Å². The minimum Gasteiger partial charge on any atom is -0.508 e. The fourth-order valence-corrected chi connectivity index (χ4v) is 1.73. The van der Waals surface area contributed by atoms with Crippen molar-refractivity contribution in [3.8, 4) is 11.5 Å². The van der Waals surface area contributed by atoms with Gasteiger partial charge < -0.3 is 14.7 Å². The Labute approximate surface area is 125 Å². The van der Waals surface area contributed by atoms with Crippen molar-refractivity contribution in [1.29, 1.82) is 0 Å². The molecule has 114 valence electrons. The van der Waals surface area contributed by atoms with Crippen LogP contribution in [0.25, 0.3) is 0 Å². The lowest BCUT2D eigenvalue weighted by molar-refractivity contribution is -0.757. The molecule has 0 aliphatic carbocycles. The number of aromatic hydroxyl groups is 1. The van der Waals surface area contributed by atoms with Crippen molar-refractivity contribution in [3.05, 3.63) is 69.8 Å². The van der Waals surface area contributed by atoms with E-state index in [1.165, 1.54) is 24.3 Å². The fraction of sp³-hybridized carbons (Fsp3) is 0.133. The van der Waals surface area contributed by atoms with Crippen LogP contribution in [0.2, 0.25) is 0 Å². The smallest absolute Gasteiger partial charge is 0.343 e. The van der Waals surface area contributed by atoms with Crippen molar-refractivity contribution < 1.29 is 24.6 Å². The molecule has 0 bridgehead atoms. The van der Waals surface area contributed by atoms with Gasteiger partial charge in [0, 0.05) is 0 Å². The monoisotopic (exact) mass is 303 g/mol. The maximum Gasteiger partial charge on any atom is 0.343 e. The van der Waals surface area contributed by atoms with Crippen LogP contribution in [0.15, 0.2) is 48.5 Å². The number of carbonyl (C=O) groups excluding carboxylic acids is 1. The zero-order chi connectivity index (χ0) is 15.9. The van der Waals surface area contributed by atoms with Gasteiger partial charge in [-0.1, -0.05) is 12.1 Å². The van der Waals surface area contributed by atoms with Crippen LogP contribution in [0.5, 0.6) is 11.5 Å². The third-order valence-corrected chi connectivity index (χ3v) is 2.82. The minimum absolute atomic E-state index is 0.0374. The highest BCUT2D eigenvalue weighted by molar-refractivity contribution is 5.91. The Hall–Kier alpha value is -3.09. The van der Waals surface area contributed by atoms with Gasteiger partial charge in [0.25, 0.3) is 5.09 Å². The van der Waals surface area contributed by atoms with Gasteiger partial charge in [-0.05, 0) is 48.4 Å². The van der Waals surface area contributed by atoms with Gasteiger partial charge in [-0.25, -0.2) is 4.79 Å². The standard InChI is InChI=1S/C15H13NO6/c17-13-5-7-14(8-6-13)22-15(18)12-3-1-11(2-4-12)9-10-21-16(19)20/h1-8,17H,9-10H2. The lowest BCUT2D eigenvalue weighted by Gasteiger charge is -2.05. The molecule has 0 saturated heterocycles. The number of hydrogen-bond donors (Lipinski definition) is 1. The Kier molecular flexibility index (Phi) is 4.92. The summed E-state index contributed by atoms with van der Waals surface area (Å²) in [6.07, 6.45) is 0.369. The first-order valence-electron chi connectivity index (χ1n) is 6.42. The Morgan fingerprint density at radius 2 is 1.73 bits per heavy atom. The van der Waals surface area contributed by atoms with Crippen molar-refractivity contribution in [2.75, 3.05) is 6.61 Å². The average Bonchev–Trinajstić information content (AvgIpc) is 2.50. The van der Waals surface area contributed by atoms with E-state index in [4.69, 9.17) is 9.84 Å². The highest BCUT2D eigenvalue weighted by Gasteiger charge is 2.08. The Bertz CT molecular complexity index is 651. The molecule has 1 N–H and O–H groups in total. The van der Waals surface area contributed by atoms with Crippen molar-refractivity contribution in [3.63, 3.8) is 0 Å². The largest absolute Gasteiger partial charge is 0.508 e. The first-order valence-corrected chi connectivity index (χ1v) is 6.42. The molecule has 2 aromatic carbocycles. The second kappa shape index (κ2) is 7.07. The molecule has 0 aliphatic rings. The summed E-state index contributed by atoms with van der Waals surface area (Å²) in [4.78, 5) is 26.2. The van der Waals surface area contributed by atoms with E-state index in [0.717, 1.165) is 5.56 Å². The summed E-state index contributed by atoms with van der Waals surface area (Å²) in [5.74, 6) is -0.119. The van der Waals surface area contributed by atoms with Crippen LogP contribution in [-0.2, 0) is 11.3 Å². The van der Waals surface area contributed by atoms with Gasteiger partial charge in [-0.15, -0.1) is 10.1 Å². The summed E-state index contributed by atoms with van der Waals surface area (Å²) in [5, 5.41) is 18.3. The van der Waals surface area contributed by atoms with Gasteiger partial charge in [0.15, 0.2) is 0 Å². The average molecular weight is 303 g/mol. The number of hydrogen-bond acceptors (Lipinski definition) is 6. The lowest BCUT2D eigenvalue weighted by Crippen LogP contribution is -2.09. The number of nitrogens with zero attached hydrogens (tertiary/aromatic N) is 1. The van der Waals surface area contributed by atoms with E-state index in [-0.39, 0.29) is 12.4 Å². The van der Waals surface area contributed by atoms with Gasteiger partial charge in [0.05, 0.1) is 5.56 Å². The van der Waals surface area contributed by atoms with E-state index in [2.05, 4.69) is 4.84 Å². The summed E-state index contributed by atoms with van der Waals surface area (Å²) in [6.45, 7) is -0.0374. The Balaban J connectivity index is 1.93. The van der Waals surface area contributed by atoms with Gasteiger partial charge in [0.2, 0.25) is 0 Å². The molecule has 0 spiro atoms. The molecule has 7 heteroatoms. The molecule has 0 radical (unpaired) electrons. The van der Waals surface area contributed by atoms with E-state index in [0.29, 0.717) is 17.7 Å². The summed E-state index contributed by atoms with van der Waals surface area (Å²) in [7, 11) is 0. The number of ether oxygens (including phenoxy) is 1. The van der Waals surface area contributed by atoms with Crippen LogP contribution in [0.3, 0.4) is 0 Å². The summed E-state index contributed by atoms with van der Waals surface area (Å²) >= 11 is 0. The summed E-state index contributed by atoms with van der Waals surface area (Å²) < 4.78 is 5.14. The molecule has 0 amide bonds. The molecule has 7 nitrogen and oxygen atoms in total. The predicted octanol–water partition coefficient (Wildman–Crippen LogP) is 2.36. The van der Waals surface area contributed by atoms with E-state index in [9.17, 15) is 14.9 Å². The zero-order valence-corrected chi connectivity index (χ0v) is 11.5.